The normalized spacial score (nSPS) is 23.8. The van der Waals surface area contributed by atoms with E-state index in [0.29, 0.717) is 6.42 Å². The first-order chi connectivity index (χ1) is 6.70. The first-order valence-electron chi connectivity index (χ1n) is 4.76. The Morgan fingerprint density at radius 1 is 1.40 bits per heavy atom. The molecule has 3 N–H and O–H groups in total. The van der Waals surface area contributed by atoms with Crippen molar-refractivity contribution in [2.45, 2.75) is 18.9 Å². The standard InChI is InChI=1S/C11H13NO2.ClH/c12-10-8-4-2-1-3-7(8)5-6-9(10)11(13)14;/h1-4,9-10H,5-6,12H2,(H,13,14);1H/t9-,10-;/m1./s1. The first kappa shape index (κ1) is 12.0. The average molecular weight is 228 g/mol. The Kier molecular flexibility index (Phi) is 3.72. The van der Waals surface area contributed by atoms with Crippen molar-refractivity contribution in [2.75, 3.05) is 0 Å². The number of nitrogens with two attached hydrogens (primary N) is 1. The number of carboxylic acid groups (broad SMARTS) is 1. The van der Waals surface area contributed by atoms with E-state index in [9.17, 15) is 4.79 Å². The third-order valence-corrected chi connectivity index (χ3v) is 2.89. The molecule has 3 nitrogen and oxygen atoms in total. The molecule has 2 rings (SSSR count). The molecule has 0 fully saturated rings. The van der Waals surface area contributed by atoms with E-state index in [2.05, 4.69) is 0 Å². The van der Waals surface area contributed by atoms with Gasteiger partial charge in [-0.15, -0.1) is 12.4 Å². The molecule has 1 aromatic rings. The van der Waals surface area contributed by atoms with Crippen molar-refractivity contribution in [3.8, 4) is 0 Å². The number of aryl methyl sites for hydroxylation is 1. The van der Waals surface area contributed by atoms with Crippen LogP contribution in [0.3, 0.4) is 0 Å². The van der Waals surface area contributed by atoms with Crippen molar-refractivity contribution in [1.29, 1.82) is 0 Å². The molecule has 1 aliphatic carbocycles. The molecule has 0 aliphatic heterocycles. The fraction of sp³-hybridized carbons (Fsp3) is 0.364. The molecule has 0 unspecified atom stereocenters. The maximum absolute atomic E-state index is 10.9. The van der Waals surface area contributed by atoms with Crippen LogP contribution in [0.25, 0.3) is 0 Å². The van der Waals surface area contributed by atoms with E-state index in [4.69, 9.17) is 10.8 Å². The fourth-order valence-electron chi connectivity index (χ4n) is 2.07. The molecule has 82 valence electrons. The molecule has 0 bridgehead atoms. The van der Waals surface area contributed by atoms with Gasteiger partial charge in [0.25, 0.3) is 0 Å². The van der Waals surface area contributed by atoms with Gasteiger partial charge >= 0.3 is 5.97 Å². The summed E-state index contributed by atoms with van der Waals surface area (Å²) in [6, 6.07) is 7.47. The summed E-state index contributed by atoms with van der Waals surface area (Å²) in [5, 5.41) is 8.95. The monoisotopic (exact) mass is 227 g/mol. The maximum atomic E-state index is 10.9. The summed E-state index contributed by atoms with van der Waals surface area (Å²) in [5.41, 5.74) is 8.09. The van der Waals surface area contributed by atoms with E-state index in [1.165, 1.54) is 5.56 Å². The van der Waals surface area contributed by atoms with Gasteiger partial charge < -0.3 is 10.8 Å². The van der Waals surface area contributed by atoms with Crippen molar-refractivity contribution in [2.24, 2.45) is 11.7 Å². The predicted octanol–water partition coefficient (Wildman–Crippen LogP) is 1.76. The zero-order valence-corrected chi connectivity index (χ0v) is 9.04. The molecule has 0 heterocycles. The SMILES string of the molecule is Cl.N[C@@H]1c2ccccc2CC[C@H]1C(=O)O. The van der Waals surface area contributed by atoms with Crippen molar-refractivity contribution in [3.05, 3.63) is 35.4 Å². The van der Waals surface area contributed by atoms with Crippen LogP contribution < -0.4 is 5.73 Å². The van der Waals surface area contributed by atoms with Crippen molar-refractivity contribution < 1.29 is 9.90 Å². The number of hydrogen-bond acceptors (Lipinski definition) is 2. The molecule has 4 heteroatoms. The Bertz CT molecular complexity index is 367. The van der Waals surface area contributed by atoms with Gasteiger partial charge in [-0.2, -0.15) is 0 Å². The highest BCUT2D eigenvalue weighted by Gasteiger charge is 2.31. The third-order valence-electron chi connectivity index (χ3n) is 2.89. The Morgan fingerprint density at radius 3 is 2.73 bits per heavy atom. The van der Waals surface area contributed by atoms with Crippen LogP contribution in [0.1, 0.15) is 23.6 Å². The van der Waals surface area contributed by atoms with Gasteiger partial charge in [-0.05, 0) is 24.0 Å². The summed E-state index contributed by atoms with van der Waals surface area (Å²) in [4.78, 5) is 10.9. The Balaban J connectivity index is 0.00000112. The highest BCUT2D eigenvalue weighted by Crippen LogP contribution is 2.32. The minimum absolute atomic E-state index is 0. The largest absolute Gasteiger partial charge is 0.481 e. The topological polar surface area (TPSA) is 63.3 Å². The molecule has 0 spiro atoms. The summed E-state index contributed by atoms with van der Waals surface area (Å²) in [6.45, 7) is 0. The van der Waals surface area contributed by atoms with E-state index >= 15 is 0 Å². The number of rotatable bonds is 1. The van der Waals surface area contributed by atoms with E-state index < -0.39 is 11.9 Å². The van der Waals surface area contributed by atoms with Gasteiger partial charge in [0.1, 0.15) is 0 Å². The van der Waals surface area contributed by atoms with Crippen molar-refractivity contribution in [1.82, 2.24) is 0 Å². The van der Waals surface area contributed by atoms with Gasteiger partial charge in [-0.1, -0.05) is 24.3 Å². The highest BCUT2D eigenvalue weighted by molar-refractivity contribution is 5.85. The smallest absolute Gasteiger partial charge is 0.308 e. The second kappa shape index (κ2) is 4.64. The lowest BCUT2D eigenvalue weighted by Gasteiger charge is -2.27. The second-order valence-corrected chi connectivity index (χ2v) is 3.71. The van der Waals surface area contributed by atoms with Crippen molar-refractivity contribution in [3.63, 3.8) is 0 Å². The molecule has 0 radical (unpaired) electrons. The second-order valence-electron chi connectivity index (χ2n) is 3.71. The summed E-state index contributed by atoms with van der Waals surface area (Å²) < 4.78 is 0. The summed E-state index contributed by atoms with van der Waals surface area (Å²) in [5.74, 6) is -1.21. The van der Waals surface area contributed by atoms with Gasteiger partial charge in [-0.3, -0.25) is 4.79 Å². The minimum Gasteiger partial charge on any atom is -0.481 e. The zero-order valence-electron chi connectivity index (χ0n) is 8.22. The molecule has 0 saturated heterocycles. The molecule has 1 aliphatic rings. The summed E-state index contributed by atoms with van der Waals surface area (Å²) in [6.07, 6.45) is 1.47. The molecule has 2 atom stereocenters. The van der Waals surface area contributed by atoms with Crippen molar-refractivity contribution >= 4 is 18.4 Å². The molecular weight excluding hydrogens is 214 g/mol. The number of halogens is 1. The number of carbonyl (C=O) groups is 1. The van der Waals surface area contributed by atoms with Crippen LogP contribution in [0.2, 0.25) is 0 Å². The van der Waals surface area contributed by atoms with Gasteiger partial charge in [-0.25, -0.2) is 0 Å². The van der Waals surface area contributed by atoms with Crippen LogP contribution in [0.5, 0.6) is 0 Å². The minimum atomic E-state index is -0.785. The van der Waals surface area contributed by atoms with Gasteiger partial charge in [0.05, 0.1) is 5.92 Å². The zero-order chi connectivity index (χ0) is 10.1. The highest BCUT2D eigenvalue weighted by atomic mass is 35.5. The van der Waals surface area contributed by atoms with Crippen LogP contribution in [-0.4, -0.2) is 11.1 Å². The number of benzene rings is 1. The summed E-state index contributed by atoms with van der Waals surface area (Å²) in [7, 11) is 0. The molecule has 15 heavy (non-hydrogen) atoms. The molecule has 0 saturated carbocycles. The Morgan fingerprint density at radius 2 is 2.07 bits per heavy atom. The molecule has 0 amide bonds. The van der Waals surface area contributed by atoms with E-state index in [1.807, 2.05) is 24.3 Å². The van der Waals surface area contributed by atoms with E-state index in [-0.39, 0.29) is 18.4 Å². The average Bonchev–Trinajstić information content (AvgIpc) is 2.18. The van der Waals surface area contributed by atoms with Crippen LogP contribution in [0.4, 0.5) is 0 Å². The molecule has 1 aromatic carbocycles. The number of hydrogen-bond donors (Lipinski definition) is 2. The van der Waals surface area contributed by atoms with Gasteiger partial charge in [0, 0.05) is 6.04 Å². The predicted molar refractivity (Wildman–Crippen MR) is 60.1 cm³/mol. The number of aliphatic carboxylic acids is 1. The van der Waals surface area contributed by atoms with E-state index in [1.54, 1.807) is 0 Å². The van der Waals surface area contributed by atoms with Gasteiger partial charge in [0.2, 0.25) is 0 Å². The quantitative estimate of drug-likeness (QED) is 0.769. The maximum Gasteiger partial charge on any atom is 0.308 e. The lowest BCUT2D eigenvalue weighted by molar-refractivity contribution is -0.143. The fourth-order valence-corrected chi connectivity index (χ4v) is 2.07. The molecule has 0 aromatic heterocycles. The summed E-state index contributed by atoms with van der Waals surface area (Å²) >= 11 is 0. The Labute approximate surface area is 94.7 Å². The molecular formula is C11H14ClNO2. The lowest BCUT2D eigenvalue weighted by atomic mass is 9.80. The van der Waals surface area contributed by atoms with E-state index in [0.717, 1.165) is 12.0 Å². The lowest BCUT2D eigenvalue weighted by Crippen LogP contribution is -2.32. The Hall–Kier alpha value is -1.06. The van der Waals surface area contributed by atoms with Crippen LogP contribution in [0, 0.1) is 5.92 Å². The van der Waals surface area contributed by atoms with Crippen LogP contribution in [0.15, 0.2) is 24.3 Å². The third kappa shape index (κ3) is 2.13. The van der Waals surface area contributed by atoms with Gasteiger partial charge in [0.15, 0.2) is 0 Å². The number of fused-ring (bicyclic) bond motifs is 1. The first-order valence-corrected chi connectivity index (χ1v) is 4.76. The van der Waals surface area contributed by atoms with Crippen LogP contribution >= 0.6 is 12.4 Å². The van der Waals surface area contributed by atoms with Crippen LogP contribution in [-0.2, 0) is 11.2 Å². The number of carboxylic acids is 1.